The molecule has 1 N–H and O–H groups in total. The zero-order valence-corrected chi connectivity index (χ0v) is 13.7. The molecule has 3 rings (SSSR count). The van der Waals surface area contributed by atoms with Crippen LogP contribution in [-0.4, -0.2) is 12.0 Å². The Morgan fingerprint density at radius 3 is 1.30 bits per heavy atom. The van der Waals surface area contributed by atoms with Crippen molar-refractivity contribution in [3.8, 4) is 0 Å². The van der Waals surface area contributed by atoms with Crippen LogP contribution in [-0.2, 0) is 4.75 Å². The predicted molar refractivity (Wildman–Crippen MR) is 100 cm³/mol. The van der Waals surface area contributed by atoms with Crippen molar-refractivity contribution in [1.82, 2.24) is 0 Å². The summed E-state index contributed by atoms with van der Waals surface area (Å²) < 4.78 is -0.304. The lowest BCUT2D eigenvalue weighted by Crippen LogP contribution is -2.26. The van der Waals surface area contributed by atoms with Crippen molar-refractivity contribution < 1.29 is 0 Å². The summed E-state index contributed by atoms with van der Waals surface area (Å²) >= 11 is 1.79. The normalized spacial score (nSPS) is 11.1. The number of rotatable bonds is 6. The van der Waals surface area contributed by atoms with Crippen LogP contribution in [0.15, 0.2) is 91.0 Å². The maximum Gasteiger partial charge on any atom is 0.0910 e. The minimum Gasteiger partial charge on any atom is -0.312 e. The van der Waals surface area contributed by atoms with E-state index in [0.29, 0.717) is 5.75 Å². The fourth-order valence-electron chi connectivity index (χ4n) is 2.94. The van der Waals surface area contributed by atoms with Gasteiger partial charge in [0.2, 0.25) is 0 Å². The van der Waals surface area contributed by atoms with Crippen LogP contribution in [0.5, 0.6) is 0 Å². The molecule has 0 heterocycles. The molecule has 0 radical (unpaired) electrons. The van der Waals surface area contributed by atoms with E-state index in [-0.39, 0.29) is 4.75 Å². The summed E-state index contributed by atoms with van der Waals surface area (Å²) in [5, 5.41) is 7.52. The molecule has 0 unspecified atom stereocenters. The summed E-state index contributed by atoms with van der Waals surface area (Å²) in [5.41, 5.74) is 3.72. The van der Waals surface area contributed by atoms with Crippen molar-refractivity contribution in [3.05, 3.63) is 108 Å². The molecule has 0 amide bonds. The molecule has 3 aromatic carbocycles. The molecule has 0 saturated heterocycles. The van der Waals surface area contributed by atoms with Gasteiger partial charge in [0.15, 0.2) is 0 Å². The van der Waals surface area contributed by atoms with Gasteiger partial charge in [-0.15, -0.1) is 11.8 Å². The summed E-state index contributed by atoms with van der Waals surface area (Å²) in [4.78, 5) is 0. The molecule has 0 aromatic heterocycles. The first kappa shape index (κ1) is 15.6. The molecule has 0 bridgehead atoms. The van der Waals surface area contributed by atoms with E-state index in [1.807, 2.05) is 18.2 Å². The summed E-state index contributed by atoms with van der Waals surface area (Å²) in [7, 11) is 0. The van der Waals surface area contributed by atoms with Crippen LogP contribution in [0.1, 0.15) is 16.7 Å². The molecule has 3 aromatic rings. The van der Waals surface area contributed by atoms with Crippen molar-refractivity contribution in [1.29, 1.82) is 5.41 Å². The van der Waals surface area contributed by atoms with Crippen molar-refractivity contribution in [2.75, 3.05) is 5.75 Å². The molecular formula is C21H19NS. The van der Waals surface area contributed by atoms with Crippen LogP contribution in [0.3, 0.4) is 0 Å². The van der Waals surface area contributed by atoms with Gasteiger partial charge in [-0.1, -0.05) is 91.0 Å². The van der Waals surface area contributed by atoms with Crippen LogP contribution in [0.2, 0.25) is 0 Å². The standard InChI is InChI=1S/C21H19NS/c22-16-17-23-21(18-10-4-1-5-11-18,19-12-6-2-7-13-19)20-14-8-3-9-15-20/h1-16,22H,17H2. The molecule has 114 valence electrons. The average molecular weight is 317 g/mol. The van der Waals surface area contributed by atoms with E-state index in [1.165, 1.54) is 22.9 Å². The lowest BCUT2D eigenvalue weighted by molar-refractivity contribution is 0.897. The first-order chi connectivity index (χ1) is 11.4. The smallest absolute Gasteiger partial charge is 0.0910 e. The highest BCUT2D eigenvalue weighted by Crippen LogP contribution is 2.47. The Morgan fingerprint density at radius 2 is 1.00 bits per heavy atom. The van der Waals surface area contributed by atoms with E-state index < -0.39 is 0 Å². The second-order valence-corrected chi connectivity index (χ2v) is 6.53. The molecule has 0 saturated carbocycles. The molecule has 2 heteroatoms. The Bertz CT molecular complexity index is 642. The fraction of sp³-hybridized carbons (Fsp3) is 0.0952. The lowest BCUT2D eigenvalue weighted by atomic mass is 9.84. The number of nitrogens with one attached hydrogen (secondary N) is 1. The van der Waals surface area contributed by atoms with Gasteiger partial charge < -0.3 is 5.41 Å². The van der Waals surface area contributed by atoms with E-state index in [2.05, 4.69) is 72.8 Å². The maximum absolute atomic E-state index is 7.52. The summed E-state index contributed by atoms with van der Waals surface area (Å²) in [6.45, 7) is 0. The van der Waals surface area contributed by atoms with E-state index >= 15 is 0 Å². The van der Waals surface area contributed by atoms with Crippen molar-refractivity contribution in [3.63, 3.8) is 0 Å². The summed E-state index contributed by atoms with van der Waals surface area (Å²) in [5.74, 6) is 0.665. The van der Waals surface area contributed by atoms with E-state index in [0.717, 1.165) is 0 Å². The van der Waals surface area contributed by atoms with Gasteiger partial charge in [-0.3, -0.25) is 0 Å². The fourth-order valence-corrected chi connectivity index (χ4v) is 4.18. The third-order valence-electron chi connectivity index (χ3n) is 3.92. The molecule has 0 aliphatic carbocycles. The zero-order chi connectivity index (χ0) is 16.0. The molecule has 0 atom stereocenters. The monoisotopic (exact) mass is 317 g/mol. The summed E-state index contributed by atoms with van der Waals surface area (Å²) in [6, 6.07) is 31.7. The van der Waals surface area contributed by atoms with Crippen LogP contribution in [0.4, 0.5) is 0 Å². The third-order valence-corrected chi connectivity index (χ3v) is 5.40. The second kappa shape index (κ2) is 7.30. The van der Waals surface area contributed by atoms with Crippen molar-refractivity contribution in [2.45, 2.75) is 4.75 Å². The minimum atomic E-state index is -0.304. The van der Waals surface area contributed by atoms with Gasteiger partial charge in [0.25, 0.3) is 0 Å². The highest BCUT2D eigenvalue weighted by molar-refractivity contribution is 8.01. The van der Waals surface area contributed by atoms with Gasteiger partial charge in [0.05, 0.1) is 4.75 Å². The van der Waals surface area contributed by atoms with Gasteiger partial charge in [0.1, 0.15) is 0 Å². The largest absolute Gasteiger partial charge is 0.312 e. The van der Waals surface area contributed by atoms with Gasteiger partial charge in [-0.05, 0) is 16.7 Å². The highest BCUT2D eigenvalue weighted by Gasteiger charge is 2.36. The quantitative estimate of drug-likeness (QED) is 0.480. The molecule has 0 aliphatic heterocycles. The van der Waals surface area contributed by atoms with Gasteiger partial charge in [-0.2, -0.15) is 0 Å². The van der Waals surface area contributed by atoms with Crippen molar-refractivity contribution >= 4 is 18.0 Å². The van der Waals surface area contributed by atoms with Crippen LogP contribution in [0, 0.1) is 5.41 Å². The van der Waals surface area contributed by atoms with Crippen LogP contribution >= 0.6 is 11.8 Å². The topological polar surface area (TPSA) is 23.9 Å². The summed E-state index contributed by atoms with van der Waals surface area (Å²) in [6.07, 6.45) is 1.48. The predicted octanol–water partition coefficient (Wildman–Crippen LogP) is 5.36. The Labute approximate surface area is 141 Å². The molecule has 0 aliphatic rings. The molecule has 0 spiro atoms. The number of hydrogen-bond acceptors (Lipinski definition) is 2. The minimum absolute atomic E-state index is 0.304. The maximum atomic E-state index is 7.52. The first-order valence-electron chi connectivity index (χ1n) is 7.67. The lowest BCUT2D eigenvalue weighted by Gasteiger charge is -2.35. The average Bonchev–Trinajstić information content (AvgIpc) is 2.65. The van der Waals surface area contributed by atoms with Crippen molar-refractivity contribution in [2.24, 2.45) is 0 Å². The van der Waals surface area contributed by atoms with Gasteiger partial charge in [0, 0.05) is 12.0 Å². The molecule has 1 nitrogen and oxygen atoms in total. The molecule has 0 fully saturated rings. The zero-order valence-electron chi connectivity index (χ0n) is 12.9. The number of hydrogen-bond donors (Lipinski definition) is 1. The Morgan fingerprint density at radius 1 is 0.652 bits per heavy atom. The Kier molecular flexibility index (Phi) is 4.94. The van der Waals surface area contributed by atoms with E-state index in [1.54, 1.807) is 11.8 Å². The van der Waals surface area contributed by atoms with Gasteiger partial charge >= 0.3 is 0 Å². The SMILES string of the molecule is N=CCSC(c1ccccc1)(c1ccccc1)c1ccccc1. The Balaban J connectivity index is 2.27. The van der Waals surface area contributed by atoms with Gasteiger partial charge in [-0.25, -0.2) is 0 Å². The second-order valence-electron chi connectivity index (χ2n) is 5.29. The molecular weight excluding hydrogens is 298 g/mol. The first-order valence-corrected chi connectivity index (χ1v) is 8.66. The van der Waals surface area contributed by atoms with E-state index in [4.69, 9.17) is 5.41 Å². The number of thioether (sulfide) groups is 1. The number of benzene rings is 3. The Hall–Kier alpha value is -2.32. The van der Waals surface area contributed by atoms with Crippen LogP contribution < -0.4 is 0 Å². The van der Waals surface area contributed by atoms with E-state index in [9.17, 15) is 0 Å². The molecule has 23 heavy (non-hydrogen) atoms. The van der Waals surface area contributed by atoms with Crippen LogP contribution in [0.25, 0.3) is 0 Å². The third kappa shape index (κ3) is 3.08. The highest BCUT2D eigenvalue weighted by atomic mass is 32.2.